The van der Waals surface area contributed by atoms with Gasteiger partial charge in [0.15, 0.2) is 11.6 Å². The first kappa shape index (κ1) is 18.2. The molecule has 8 nitrogen and oxygen atoms in total. The lowest BCUT2D eigenvalue weighted by molar-refractivity contribution is -0.126. The molecule has 2 aromatic rings. The molecule has 0 fully saturated rings. The molecule has 0 unspecified atom stereocenters. The maximum atomic E-state index is 12.2. The summed E-state index contributed by atoms with van der Waals surface area (Å²) in [5.41, 5.74) is 6.90. The number of hydrogen-bond donors (Lipinski definition) is 2. The Hall–Kier alpha value is -3.16. The predicted octanol–water partition coefficient (Wildman–Crippen LogP) is 1.96. The highest BCUT2D eigenvalue weighted by Crippen LogP contribution is 2.12. The van der Waals surface area contributed by atoms with Gasteiger partial charge in [-0.2, -0.15) is 0 Å². The number of aromatic nitrogens is 2. The lowest BCUT2D eigenvalue weighted by Crippen LogP contribution is -2.29. The summed E-state index contributed by atoms with van der Waals surface area (Å²) in [6.07, 6.45) is 4.15. The minimum absolute atomic E-state index is 0.0775. The van der Waals surface area contributed by atoms with Crippen LogP contribution in [-0.2, 0) is 9.63 Å². The molecule has 1 heterocycles. The second kappa shape index (κ2) is 8.09. The zero-order valence-corrected chi connectivity index (χ0v) is 14.3. The van der Waals surface area contributed by atoms with Crippen molar-refractivity contribution in [3.63, 3.8) is 0 Å². The fourth-order valence-corrected chi connectivity index (χ4v) is 1.98. The van der Waals surface area contributed by atoms with Gasteiger partial charge < -0.3 is 20.5 Å². The molecule has 25 heavy (non-hydrogen) atoms. The molecular formula is C17H21N5O3. The number of nitrogens with two attached hydrogens (primary N) is 1. The Morgan fingerprint density at radius 2 is 2.12 bits per heavy atom. The topological polar surface area (TPSA) is 112 Å². The van der Waals surface area contributed by atoms with Crippen LogP contribution in [0, 0.1) is 0 Å². The smallest absolute Gasteiger partial charge is 0.267 e. The Kier molecular flexibility index (Phi) is 5.89. The summed E-state index contributed by atoms with van der Waals surface area (Å²) in [5, 5.41) is 6.50. The molecule has 1 aromatic carbocycles. The van der Waals surface area contributed by atoms with Crippen LogP contribution in [0.15, 0.2) is 48.1 Å². The van der Waals surface area contributed by atoms with Gasteiger partial charge in [0, 0.05) is 23.6 Å². The summed E-state index contributed by atoms with van der Waals surface area (Å²) in [7, 11) is 0. The highest BCUT2D eigenvalue weighted by molar-refractivity contribution is 5.98. The Labute approximate surface area is 145 Å². The van der Waals surface area contributed by atoms with Crippen LogP contribution < -0.4 is 11.1 Å². The van der Waals surface area contributed by atoms with E-state index in [2.05, 4.69) is 15.5 Å². The standard InChI is InChI=1S/C17H21N5O3/c1-11(22-8-7-19-10-22)16(18)21-25-13(3)17(24)20-15-6-4-5-14(9-15)12(2)23/h4-11,13H,1-3H3,(H2,18,21)(H,20,24)/t11-,13-/m1/s1. The van der Waals surface area contributed by atoms with E-state index in [0.29, 0.717) is 11.3 Å². The minimum atomic E-state index is -0.852. The second-order valence-electron chi connectivity index (χ2n) is 5.58. The number of nitrogens with one attached hydrogen (secondary N) is 1. The molecule has 0 bridgehead atoms. The van der Waals surface area contributed by atoms with Gasteiger partial charge in [-0.3, -0.25) is 9.59 Å². The zero-order valence-electron chi connectivity index (χ0n) is 14.3. The first-order valence-corrected chi connectivity index (χ1v) is 7.77. The van der Waals surface area contributed by atoms with Crippen molar-refractivity contribution in [3.05, 3.63) is 48.5 Å². The Morgan fingerprint density at radius 1 is 1.36 bits per heavy atom. The molecule has 132 valence electrons. The first-order valence-electron chi connectivity index (χ1n) is 7.77. The fraction of sp³-hybridized carbons (Fsp3) is 0.294. The lowest BCUT2D eigenvalue weighted by atomic mass is 10.1. The van der Waals surface area contributed by atoms with Gasteiger partial charge in [-0.05, 0) is 32.9 Å². The average molecular weight is 343 g/mol. The maximum Gasteiger partial charge on any atom is 0.267 e. The number of hydrogen-bond acceptors (Lipinski definition) is 5. The largest absolute Gasteiger partial charge is 0.383 e. The third-order valence-corrected chi connectivity index (χ3v) is 3.62. The van der Waals surface area contributed by atoms with Crippen LogP contribution in [0.2, 0.25) is 0 Å². The number of anilines is 1. The molecule has 1 aromatic heterocycles. The number of carbonyl (C=O) groups excluding carboxylic acids is 2. The van der Waals surface area contributed by atoms with E-state index in [1.165, 1.54) is 6.92 Å². The van der Waals surface area contributed by atoms with Crippen molar-refractivity contribution in [2.24, 2.45) is 10.9 Å². The summed E-state index contributed by atoms with van der Waals surface area (Å²) in [6, 6.07) is 6.42. The van der Waals surface area contributed by atoms with Crippen molar-refractivity contribution in [2.45, 2.75) is 32.9 Å². The van der Waals surface area contributed by atoms with Gasteiger partial charge in [0.25, 0.3) is 5.91 Å². The lowest BCUT2D eigenvalue weighted by Gasteiger charge is -2.14. The number of Topliss-reactive ketones (excluding diaryl/α,β-unsaturated/α-hetero) is 1. The summed E-state index contributed by atoms with van der Waals surface area (Å²) in [5.74, 6) is -0.255. The summed E-state index contributed by atoms with van der Waals surface area (Å²) in [6.45, 7) is 4.86. The van der Waals surface area contributed by atoms with Crippen molar-refractivity contribution < 1.29 is 14.4 Å². The first-order chi connectivity index (χ1) is 11.9. The van der Waals surface area contributed by atoms with E-state index in [9.17, 15) is 9.59 Å². The maximum absolute atomic E-state index is 12.2. The molecule has 0 spiro atoms. The van der Waals surface area contributed by atoms with Crippen LogP contribution in [0.25, 0.3) is 0 Å². The molecule has 2 rings (SSSR count). The van der Waals surface area contributed by atoms with Gasteiger partial charge in [-0.1, -0.05) is 17.3 Å². The number of ketones is 1. The molecule has 0 saturated heterocycles. The van der Waals surface area contributed by atoms with Crippen LogP contribution >= 0.6 is 0 Å². The van der Waals surface area contributed by atoms with Crippen molar-refractivity contribution in [2.75, 3.05) is 5.32 Å². The average Bonchev–Trinajstić information content (AvgIpc) is 3.13. The van der Waals surface area contributed by atoms with Gasteiger partial charge in [-0.25, -0.2) is 4.98 Å². The number of amidine groups is 1. The van der Waals surface area contributed by atoms with Crippen molar-refractivity contribution in [1.82, 2.24) is 9.55 Å². The second-order valence-corrected chi connectivity index (χ2v) is 5.58. The van der Waals surface area contributed by atoms with Gasteiger partial charge in [0.2, 0.25) is 6.10 Å². The number of benzene rings is 1. The number of carbonyl (C=O) groups is 2. The molecule has 0 aliphatic heterocycles. The van der Waals surface area contributed by atoms with Crippen LogP contribution in [-0.4, -0.2) is 33.2 Å². The fourth-order valence-electron chi connectivity index (χ4n) is 1.98. The van der Waals surface area contributed by atoms with E-state index in [1.54, 1.807) is 54.5 Å². The Bertz CT molecular complexity index is 770. The molecule has 0 radical (unpaired) electrons. The van der Waals surface area contributed by atoms with Crippen molar-refractivity contribution in [1.29, 1.82) is 0 Å². The summed E-state index contributed by atoms with van der Waals surface area (Å²) in [4.78, 5) is 32.7. The highest BCUT2D eigenvalue weighted by atomic mass is 16.6. The zero-order chi connectivity index (χ0) is 18.4. The normalized spacial score (nSPS) is 13.8. The van der Waals surface area contributed by atoms with Gasteiger partial charge in [-0.15, -0.1) is 0 Å². The van der Waals surface area contributed by atoms with Crippen molar-refractivity contribution in [3.8, 4) is 0 Å². The number of imidazole rings is 1. The monoisotopic (exact) mass is 343 g/mol. The molecule has 3 N–H and O–H groups in total. The van der Waals surface area contributed by atoms with E-state index in [1.807, 2.05) is 6.92 Å². The molecule has 0 aliphatic carbocycles. The Balaban J connectivity index is 1.95. The van der Waals surface area contributed by atoms with E-state index in [0.717, 1.165) is 0 Å². The summed E-state index contributed by atoms with van der Waals surface area (Å²) >= 11 is 0. The van der Waals surface area contributed by atoms with Gasteiger partial charge in [0.05, 0.1) is 12.4 Å². The number of rotatable bonds is 7. The number of oxime groups is 1. The van der Waals surface area contributed by atoms with E-state index in [-0.39, 0.29) is 17.7 Å². The van der Waals surface area contributed by atoms with Crippen LogP contribution in [0.1, 0.15) is 37.2 Å². The van der Waals surface area contributed by atoms with E-state index < -0.39 is 12.0 Å². The number of nitrogens with zero attached hydrogens (tertiary/aromatic N) is 3. The molecular weight excluding hydrogens is 322 g/mol. The Morgan fingerprint density at radius 3 is 2.76 bits per heavy atom. The van der Waals surface area contributed by atoms with E-state index >= 15 is 0 Å². The van der Waals surface area contributed by atoms with Crippen LogP contribution in [0.3, 0.4) is 0 Å². The quantitative estimate of drug-likeness (QED) is 0.345. The number of amides is 1. The third-order valence-electron chi connectivity index (χ3n) is 3.62. The SMILES string of the molecule is CC(=O)c1cccc(NC(=O)[C@@H](C)O/N=C(\N)[C@@H](C)n2ccnc2)c1. The van der Waals surface area contributed by atoms with Crippen LogP contribution in [0.4, 0.5) is 5.69 Å². The minimum Gasteiger partial charge on any atom is -0.383 e. The molecule has 1 amide bonds. The van der Waals surface area contributed by atoms with Gasteiger partial charge >= 0.3 is 0 Å². The molecule has 8 heteroatoms. The van der Waals surface area contributed by atoms with Crippen molar-refractivity contribution >= 4 is 23.2 Å². The summed E-state index contributed by atoms with van der Waals surface area (Å²) < 4.78 is 1.76. The highest BCUT2D eigenvalue weighted by Gasteiger charge is 2.16. The van der Waals surface area contributed by atoms with Crippen LogP contribution in [0.5, 0.6) is 0 Å². The predicted molar refractivity (Wildman–Crippen MR) is 94.2 cm³/mol. The third kappa shape index (κ3) is 4.90. The molecule has 2 atom stereocenters. The van der Waals surface area contributed by atoms with Gasteiger partial charge in [0.1, 0.15) is 0 Å². The molecule has 0 aliphatic rings. The molecule has 0 saturated carbocycles. The van der Waals surface area contributed by atoms with E-state index in [4.69, 9.17) is 10.6 Å².